The van der Waals surface area contributed by atoms with Gasteiger partial charge < -0.3 is 15.4 Å². The lowest BCUT2D eigenvalue weighted by atomic mass is 10.1. The molecule has 2 rings (SSSR count). The van der Waals surface area contributed by atoms with Crippen LogP contribution in [0, 0.1) is 0 Å². The lowest BCUT2D eigenvalue weighted by molar-refractivity contribution is 0.141. The monoisotopic (exact) mass is 318 g/mol. The van der Waals surface area contributed by atoms with Gasteiger partial charge in [-0.15, -0.1) is 0 Å². The van der Waals surface area contributed by atoms with Crippen molar-refractivity contribution in [3.8, 4) is 0 Å². The third-order valence-corrected chi connectivity index (χ3v) is 4.36. The Morgan fingerprint density at radius 2 is 2.13 bits per heavy atom. The topological polar surface area (TPSA) is 48.9 Å². The van der Waals surface area contributed by atoms with Gasteiger partial charge in [0, 0.05) is 39.8 Å². The standard InChI is InChI=1S/C18H30N4O/c1-19-18(20-11-10-16-7-4-3-5-8-16)21-15-17-9-6-12-22(17)13-14-23-2/h3-5,7-8,17H,6,9-15H2,1-2H3,(H2,19,20,21). The van der Waals surface area contributed by atoms with Crippen molar-refractivity contribution < 1.29 is 4.74 Å². The largest absolute Gasteiger partial charge is 0.383 e. The molecule has 2 N–H and O–H groups in total. The molecule has 0 radical (unpaired) electrons. The average Bonchev–Trinajstić information content (AvgIpc) is 3.04. The highest BCUT2D eigenvalue weighted by Crippen LogP contribution is 2.15. The summed E-state index contributed by atoms with van der Waals surface area (Å²) >= 11 is 0. The Kier molecular flexibility index (Phi) is 7.90. The summed E-state index contributed by atoms with van der Waals surface area (Å²) < 4.78 is 5.20. The van der Waals surface area contributed by atoms with Crippen molar-refractivity contribution in [2.45, 2.75) is 25.3 Å². The minimum atomic E-state index is 0.581. The molecule has 1 heterocycles. The summed E-state index contributed by atoms with van der Waals surface area (Å²) in [5.74, 6) is 0.888. The molecule has 0 aromatic heterocycles. The number of aliphatic imine (C=N–C) groups is 1. The second-order valence-corrected chi connectivity index (χ2v) is 5.94. The molecule has 1 aromatic carbocycles. The molecule has 0 aliphatic carbocycles. The smallest absolute Gasteiger partial charge is 0.191 e. The number of hydrogen-bond donors (Lipinski definition) is 2. The number of rotatable bonds is 8. The summed E-state index contributed by atoms with van der Waals surface area (Å²) in [5, 5.41) is 6.86. The second-order valence-electron chi connectivity index (χ2n) is 5.94. The maximum atomic E-state index is 5.20. The van der Waals surface area contributed by atoms with Crippen LogP contribution in [0.5, 0.6) is 0 Å². The van der Waals surface area contributed by atoms with Crippen LogP contribution in [0.15, 0.2) is 35.3 Å². The van der Waals surface area contributed by atoms with E-state index in [9.17, 15) is 0 Å². The van der Waals surface area contributed by atoms with Crippen molar-refractivity contribution in [2.24, 2.45) is 4.99 Å². The van der Waals surface area contributed by atoms with E-state index in [2.05, 4.69) is 44.8 Å². The fraction of sp³-hybridized carbons (Fsp3) is 0.611. The quantitative estimate of drug-likeness (QED) is 0.563. The molecule has 5 nitrogen and oxygen atoms in total. The highest BCUT2D eigenvalue weighted by Gasteiger charge is 2.23. The van der Waals surface area contributed by atoms with Crippen molar-refractivity contribution >= 4 is 5.96 Å². The van der Waals surface area contributed by atoms with Gasteiger partial charge in [-0.25, -0.2) is 0 Å². The van der Waals surface area contributed by atoms with E-state index in [0.29, 0.717) is 6.04 Å². The fourth-order valence-corrected chi connectivity index (χ4v) is 3.03. The predicted molar refractivity (Wildman–Crippen MR) is 96.0 cm³/mol. The van der Waals surface area contributed by atoms with Gasteiger partial charge in [0.25, 0.3) is 0 Å². The van der Waals surface area contributed by atoms with E-state index in [-0.39, 0.29) is 0 Å². The van der Waals surface area contributed by atoms with Gasteiger partial charge in [0.05, 0.1) is 6.61 Å². The summed E-state index contributed by atoms with van der Waals surface area (Å²) in [6.45, 7) is 4.83. The lowest BCUT2D eigenvalue weighted by Gasteiger charge is -2.25. The Morgan fingerprint density at radius 3 is 2.87 bits per heavy atom. The van der Waals surface area contributed by atoms with Gasteiger partial charge in [-0.05, 0) is 31.4 Å². The second kappa shape index (κ2) is 10.2. The summed E-state index contributed by atoms with van der Waals surface area (Å²) in [6, 6.07) is 11.1. The molecule has 0 bridgehead atoms. The van der Waals surface area contributed by atoms with Crippen LogP contribution in [-0.2, 0) is 11.2 Å². The van der Waals surface area contributed by atoms with Crippen LogP contribution in [0.2, 0.25) is 0 Å². The number of likely N-dealkylation sites (tertiary alicyclic amines) is 1. The highest BCUT2D eigenvalue weighted by molar-refractivity contribution is 5.79. The van der Waals surface area contributed by atoms with Gasteiger partial charge in [-0.2, -0.15) is 0 Å². The van der Waals surface area contributed by atoms with Crippen LogP contribution in [0.4, 0.5) is 0 Å². The molecule has 1 saturated heterocycles. The maximum Gasteiger partial charge on any atom is 0.191 e. The Labute approximate surface area is 140 Å². The van der Waals surface area contributed by atoms with E-state index >= 15 is 0 Å². The van der Waals surface area contributed by atoms with Gasteiger partial charge in [0.15, 0.2) is 5.96 Å². The maximum absolute atomic E-state index is 5.20. The molecule has 1 aliphatic rings. The number of methoxy groups -OCH3 is 1. The molecule has 0 spiro atoms. The first-order chi connectivity index (χ1) is 11.3. The number of ether oxygens (including phenoxy) is 1. The third kappa shape index (κ3) is 6.20. The Hall–Kier alpha value is -1.59. The Morgan fingerprint density at radius 1 is 1.30 bits per heavy atom. The molecule has 1 atom stereocenters. The Balaban J connectivity index is 1.68. The molecule has 0 saturated carbocycles. The molecule has 128 valence electrons. The van der Waals surface area contributed by atoms with Gasteiger partial charge in [-0.3, -0.25) is 9.89 Å². The summed E-state index contributed by atoms with van der Waals surface area (Å²) in [4.78, 5) is 6.83. The van der Waals surface area contributed by atoms with E-state index in [4.69, 9.17) is 4.74 Å². The van der Waals surface area contributed by atoms with Crippen LogP contribution >= 0.6 is 0 Å². The lowest BCUT2D eigenvalue weighted by Crippen LogP contribution is -2.45. The molecular weight excluding hydrogens is 288 g/mol. The van der Waals surface area contributed by atoms with Gasteiger partial charge in [0.2, 0.25) is 0 Å². The molecule has 5 heteroatoms. The number of benzene rings is 1. The fourth-order valence-electron chi connectivity index (χ4n) is 3.03. The number of nitrogens with one attached hydrogen (secondary N) is 2. The molecule has 1 aromatic rings. The predicted octanol–water partition coefficient (Wildman–Crippen LogP) is 1.50. The molecule has 1 unspecified atom stereocenters. The normalized spacial score (nSPS) is 19.0. The zero-order valence-corrected chi connectivity index (χ0v) is 14.4. The van der Waals surface area contributed by atoms with Crippen LogP contribution in [-0.4, -0.2) is 63.8 Å². The van der Waals surface area contributed by atoms with E-state index < -0.39 is 0 Å². The summed E-state index contributed by atoms with van der Waals surface area (Å²) in [5.41, 5.74) is 1.34. The zero-order chi connectivity index (χ0) is 16.3. The first-order valence-electron chi connectivity index (χ1n) is 8.55. The van der Waals surface area contributed by atoms with Gasteiger partial charge in [0.1, 0.15) is 0 Å². The molecule has 23 heavy (non-hydrogen) atoms. The first-order valence-corrected chi connectivity index (χ1v) is 8.55. The van der Waals surface area contributed by atoms with Crippen molar-refractivity contribution in [1.82, 2.24) is 15.5 Å². The minimum Gasteiger partial charge on any atom is -0.383 e. The molecular formula is C18H30N4O. The Bertz CT molecular complexity index is 463. The van der Waals surface area contributed by atoms with Crippen LogP contribution in [0.25, 0.3) is 0 Å². The SMILES string of the molecule is CN=C(NCCc1ccccc1)NCC1CCCN1CCOC. The van der Waals surface area contributed by atoms with Gasteiger partial charge in [-0.1, -0.05) is 30.3 Å². The highest BCUT2D eigenvalue weighted by atomic mass is 16.5. The van der Waals surface area contributed by atoms with Gasteiger partial charge >= 0.3 is 0 Å². The number of guanidine groups is 1. The molecule has 1 aliphatic heterocycles. The van der Waals surface area contributed by atoms with Crippen molar-refractivity contribution in [3.63, 3.8) is 0 Å². The van der Waals surface area contributed by atoms with E-state index in [1.807, 2.05) is 13.1 Å². The van der Waals surface area contributed by atoms with Crippen LogP contribution in [0.1, 0.15) is 18.4 Å². The molecule has 1 fully saturated rings. The summed E-state index contributed by atoms with van der Waals surface area (Å²) in [6.07, 6.45) is 3.53. The average molecular weight is 318 g/mol. The van der Waals surface area contributed by atoms with E-state index in [0.717, 1.165) is 38.6 Å². The number of hydrogen-bond acceptors (Lipinski definition) is 3. The minimum absolute atomic E-state index is 0.581. The van der Waals surface area contributed by atoms with Crippen LogP contribution in [0.3, 0.4) is 0 Å². The van der Waals surface area contributed by atoms with Crippen molar-refractivity contribution in [3.05, 3.63) is 35.9 Å². The zero-order valence-electron chi connectivity index (χ0n) is 14.4. The third-order valence-electron chi connectivity index (χ3n) is 4.36. The summed E-state index contributed by atoms with van der Waals surface area (Å²) in [7, 11) is 3.59. The molecule has 0 amide bonds. The van der Waals surface area contributed by atoms with E-state index in [1.165, 1.54) is 24.9 Å². The van der Waals surface area contributed by atoms with Crippen molar-refractivity contribution in [1.29, 1.82) is 0 Å². The van der Waals surface area contributed by atoms with Crippen LogP contribution < -0.4 is 10.6 Å². The van der Waals surface area contributed by atoms with Crippen molar-refractivity contribution in [2.75, 3.05) is 46.9 Å². The van der Waals surface area contributed by atoms with E-state index in [1.54, 1.807) is 7.11 Å². The number of nitrogens with zero attached hydrogens (tertiary/aromatic N) is 2. The first kappa shape index (κ1) is 17.8.